The van der Waals surface area contributed by atoms with Crippen LogP contribution in [0.1, 0.15) is 5.56 Å². The molecule has 0 radical (unpaired) electrons. The molecule has 3 rings (SSSR count). The van der Waals surface area contributed by atoms with E-state index in [9.17, 15) is 0 Å². The molecule has 1 heterocycles. The van der Waals surface area contributed by atoms with E-state index in [1.54, 1.807) is 24.4 Å². The van der Waals surface area contributed by atoms with E-state index in [0.29, 0.717) is 16.6 Å². The standard InChI is InChI=1S/C16H15ClN4O/c1-21(2)13-6-3-11(4-7-13)10-18-20-16-19-14-8-5-12(17)9-15(14)22-16/h3-10H,1-2H3,(H,19,20)/b18-10+. The molecule has 0 saturated heterocycles. The lowest BCUT2D eigenvalue weighted by atomic mass is 10.2. The van der Waals surface area contributed by atoms with Crippen molar-refractivity contribution in [3.8, 4) is 0 Å². The number of hydrogen-bond acceptors (Lipinski definition) is 5. The van der Waals surface area contributed by atoms with Crippen LogP contribution >= 0.6 is 11.6 Å². The average Bonchev–Trinajstić information content (AvgIpc) is 2.89. The van der Waals surface area contributed by atoms with Gasteiger partial charge in [-0.05, 0) is 29.8 Å². The quantitative estimate of drug-likeness (QED) is 0.584. The van der Waals surface area contributed by atoms with E-state index < -0.39 is 0 Å². The first kappa shape index (κ1) is 14.4. The third kappa shape index (κ3) is 3.20. The van der Waals surface area contributed by atoms with E-state index in [1.165, 1.54) is 0 Å². The first-order valence-electron chi connectivity index (χ1n) is 6.74. The van der Waals surface area contributed by atoms with Crippen LogP contribution < -0.4 is 10.3 Å². The number of nitrogens with one attached hydrogen (secondary N) is 1. The first-order chi connectivity index (χ1) is 10.6. The maximum absolute atomic E-state index is 5.91. The Morgan fingerprint density at radius 1 is 1.18 bits per heavy atom. The van der Waals surface area contributed by atoms with Crippen molar-refractivity contribution in [2.75, 3.05) is 24.4 Å². The van der Waals surface area contributed by atoms with Crippen molar-refractivity contribution in [1.29, 1.82) is 0 Å². The number of nitrogens with zero attached hydrogens (tertiary/aromatic N) is 3. The molecule has 0 atom stereocenters. The summed E-state index contributed by atoms with van der Waals surface area (Å²) in [6.07, 6.45) is 1.71. The highest BCUT2D eigenvalue weighted by Gasteiger charge is 2.04. The molecule has 6 heteroatoms. The number of rotatable bonds is 4. The van der Waals surface area contributed by atoms with Crippen molar-refractivity contribution in [3.63, 3.8) is 0 Å². The van der Waals surface area contributed by atoms with Gasteiger partial charge in [0, 0.05) is 30.9 Å². The Bertz CT molecular complexity index is 809. The van der Waals surface area contributed by atoms with Gasteiger partial charge >= 0.3 is 6.01 Å². The summed E-state index contributed by atoms with van der Waals surface area (Å²) in [6.45, 7) is 0. The number of aromatic nitrogens is 1. The molecule has 0 aliphatic rings. The number of anilines is 2. The molecule has 1 aromatic heterocycles. The molecule has 2 aromatic carbocycles. The van der Waals surface area contributed by atoms with Gasteiger partial charge in [-0.3, -0.25) is 0 Å². The predicted molar refractivity (Wildman–Crippen MR) is 91.0 cm³/mol. The zero-order valence-corrected chi connectivity index (χ0v) is 13.0. The number of hydrazone groups is 1. The molecule has 112 valence electrons. The molecular weight excluding hydrogens is 300 g/mol. The third-order valence-corrected chi connectivity index (χ3v) is 3.37. The zero-order valence-electron chi connectivity index (χ0n) is 12.2. The summed E-state index contributed by atoms with van der Waals surface area (Å²) < 4.78 is 5.51. The van der Waals surface area contributed by atoms with Crippen molar-refractivity contribution in [3.05, 3.63) is 53.1 Å². The summed E-state index contributed by atoms with van der Waals surface area (Å²) in [6, 6.07) is 13.7. The van der Waals surface area contributed by atoms with Crippen LogP contribution in [0.2, 0.25) is 5.02 Å². The van der Waals surface area contributed by atoms with Gasteiger partial charge in [-0.2, -0.15) is 10.1 Å². The lowest BCUT2D eigenvalue weighted by Gasteiger charge is -2.11. The van der Waals surface area contributed by atoms with Gasteiger partial charge in [-0.1, -0.05) is 23.7 Å². The van der Waals surface area contributed by atoms with Crippen LogP contribution in [0.3, 0.4) is 0 Å². The van der Waals surface area contributed by atoms with Crippen LogP contribution in [0, 0.1) is 0 Å². The molecular formula is C16H15ClN4O. The number of fused-ring (bicyclic) bond motifs is 1. The number of hydrogen-bond donors (Lipinski definition) is 1. The van der Waals surface area contributed by atoms with E-state index in [-0.39, 0.29) is 0 Å². The van der Waals surface area contributed by atoms with Crippen LogP contribution in [-0.2, 0) is 0 Å². The van der Waals surface area contributed by atoms with Crippen LogP contribution in [0.5, 0.6) is 0 Å². The van der Waals surface area contributed by atoms with Gasteiger partial charge in [0.05, 0.1) is 6.21 Å². The Labute approximate surface area is 133 Å². The molecule has 0 aliphatic heterocycles. The van der Waals surface area contributed by atoms with E-state index in [0.717, 1.165) is 16.8 Å². The molecule has 0 unspecified atom stereocenters. The van der Waals surface area contributed by atoms with Gasteiger partial charge in [-0.15, -0.1) is 0 Å². The largest absolute Gasteiger partial charge is 0.422 e. The second-order valence-corrected chi connectivity index (χ2v) is 5.42. The summed E-state index contributed by atoms with van der Waals surface area (Å²) in [5, 5.41) is 4.74. The minimum absolute atomic E-state index is 0.332. The van der Waals surface area contributed by atoms with Crippen molar-refractivity contribution in [1.82, 2.24) is 4.98 Å². The molecule has 0 saturated carbocycles. The van der Waals surface area contributed by atoms with Crippen LogP contribution in [-0.4, -0.2) is 25.3 Å². The molecule has 0 spiro atoms. The Hall–Kier alpha value is -2.53. The summed E-state index contributed by atoms with van der Waals surface area (Å²) in [5.41, 5.74) is 6.26. The van der Waals surface area contributed by atoms with Gasteiger partial charge in [-0.25, -0.2) is 5.43 Å². The minimum Gasteiger partial charge on any atom is -0.422 e. The van der Waals surface area contributed by atoms with E-state index in [4.69, 9.17) is 16.0 Å². The first-order valence-corrected chi connectivity index (χ1v) is 7.12. The highest BCUT2D eigenvalue weighted by molar-refractivity contribution is 6.31. The summed E-state index contributed by atoms with van der Waals surface area (Å²) in [7, 11) is 4.01. The second kappa shape index (κ2) is 6.07. The molecule has 0 fully saturated rings. The second-order valence-electron chi connectivity index (χ2n) is 4.99. The van der Waals surface area contributed by atoms with Gasteiger partial charge in [0.2, 0.25) is 0 Å². The van der Waals surface area contributed by atoms with Crippen molar-refractivity contribution >= 4 is 40.6 Å². The third-order valence-electron chi connectivity index (χ3n) is 3.13. The SMILES string of the molecule is CN(C)c1ccc(/C=N/Nc2nc3ccc(Cl)cc3o2)cc1. The maximum atomic E-state index is 5.91. The van der Waals surface area contributed by atoms with Gasteiger partial charge < -0.3 is 9.32 Å². The number of benzene rings is 2. The molecule has 22 heavy (non-hydrogen) atoms. The van der Waals surface area contributed by atoms with E-state index >= 15 is 0 Å². The van der Waals surface area contributed by atoms with Gasteiger partial charge in [0.25, 0.3) is 0 Å². The van der Waals surface area contributed by atoms with Crippen LogP contribution in [0.15, 0.2) is 52.0 Å². The lowest BCUT2D eigenvalue weighted by Crippen LogP contribution is -2.08. The normalized spacial score (nSPS) is 11.2. The fraction of sp³-hybridized carbons (Fsp3) is 0.125. The summed E-state index contributed by atoms with van der Waals surface area (Å²) in [5.74, 6) is 0. The Balaban J connectivity index is 1.70. The molecule has 0 bridgehead atoms. The summed E-state index contributed by atoms with van der Waals surface area (Å²) >= 11 is 5.91. The Morgan fingerprint density at radius 3 is 2.68 bits per heavy atom. The number of halogens is 1. The smallest absolute Gasteiger partial charge is 0.316 e. The molecule has 0 amide bonds. The topological polar surface area (TPSA) is 53.7 Å². The van der Waals surface area contributed by atoms with Crippen molar-refractivity contribution in [2.45, 2.75) is 0 Å². The molecule has 5 nitrogen and oxygen atoms in total. The van der Waals surface area contributed by atoms with Gasteiger partial charge in [0.15, 0.2) is 5.58 Å². The van der Waals surface area contributed by atoms with Crippen LogP contribution in [0.25, 0.3) is 11.1 Å². The number of oxazole rings is 1. The monoisotopic (exact) mass is 314 g/mol. The molecule has 0 aliphatic carbocycles. The zero-order chi connectivity index (χ0) is 15.5. The Morgan fingerprint density at radius 2 is 1.95 bits per heavy atom. The molecule has 1 N–H and O–H groups in total. The highest BCUT2D eigenvalue weighted by Crippen LogP contribution is 2.22. The highest BCUT2D eigenvalue weighted by atomic mass is 35.5. The fourth-order valence-corrected chi connectivity index (χ4v) is 2.13. The fourth-order valence-electron chi connectivity index (χ4n) is 1.97. The summed E-state index contributed by atoms with van der Waals surface area (Å²) in [4.78, 5) is 6.31. The van der Waals surface area contributed by atoms with E-state index in [1.807, 2.05) is 43.3 Å². The van der Waals surface area contributed by atoms with Crippen molar-refractivity contribution < 1.29 is 4.42 Å². The minimum atomic E-state index is 0.332. The van der Waals surface area contributed by atoms with Crippen molar-refractivity contribution in [2.24, 2.45) is 5.10 Å². The molecule has 3 aromatic rings. The van der Waals surface area contributed by atoms with E-state index in [2.05, 4.69) is 15.5 Å². The maximum Gasteiger partial charge on any atom is 0.316 e. The predicted octanol–water partition coefficient (Wildman–Crippen LogP) is 3.99. The Kier molecular flexibility index (Phi) is 3.98. The average molecular weight is 315 g/mol. The van der Waals surface area contributed by atoms with Crippen LogP contribution in [0.4, 0.5) is 11.7 Å². The van der Waals surface area contributed by atoms with Gasteiger partial charge in [0.1, 0.15) is 5.52 Å². The lowest BCUT2D eigenvalue weighted by molar-refractivity contribution is 0.617.